The zero-order valence-corrected chi connectivity index (χ0v) is 12.7. The minimum atomic E-state index is -0.266. The summed E-state index contributed by atoms with van der Waals surface area (Å²) in [6.07, 6.45) is 1.59. The molecule has 6 nitrogen and oxygen atoms in total. The molecule has 1 aliphatic rings. The lowest BCUT2D eigenvalue weighted by atomic mass is 10.2. The number of amides is 1. The van der Waals surface area contributed by atoms with Crippen molar-refractivity contribution in [2.24, 2.45) is 0 Å². The number of nitrogens with zero attached hydrogens (tertiary/aromatic N) is 5. The second kappa shape index (κ2) is 5.84. The van der Waals surface area contributed by atoms with Crippen LogP contribution in [0.3, 0.4) is 0 Å². The molecular weight excluding hydrogens is 285 g/mol. The molecule has 0 N–H and O–H groups in total. The zero-order valence-electron chi connectivity index (χ0n) is 12.7. The molecule has 0 unspecified atom stereocenters. The number of hydrogen-bond acceptors (Lipinski definition) is 4. The van der Waals surface area contributed by atoms with Crippen LogP contribution in [-0.2, 0) is 0 Å². The Balaban J connectivity index is 1.78. The van der Waals surface area contributed by atoms with E-state index >= 15 is 0 Å². The molecule has 0 atom stereocenters. The molecule has 1 aromatic heterocycles. The lowest BCUT2D eigenvalue weighted by Gasteiger charge is -2.31. The highest BCUT2D eigenvalue weighted by Crippen LogP contribution is 2.13. The monoisotopic (exact) mass is 303 g/mol. The molecule has 0 spiro atoms. The molecule has 1 saturated heterocycles. The SMILES string of the molecule is Cc1cc(-n2cc(C(=O)N3CCN(C)CC3)nn2)ccc1F. The molecule has 2 aromatic rings. The number of hydrogen-bond donors (Lipinski definition) is 0. The lowest BCUT2D eigenvalue weighted by Crippen LogP contribution is -2.47. The molecular formula is C15H18FN5O. The van der Waals surface area contributed by atoms with Gasteiger partial charge in [0.25, 0.3) is 5.91 Å². The number of carbonyl (C=O) groups is 1. The standard InChI is InChI=1S/C15H18FN5O/c1-11-9-12(3-4-13(11)16)21-10-14(17-18-21)15(22)20-7-5-19(2)6-8-20/h3-4,9-10H,5-8H2,1-2H3. The second-order valence-electron chi connectivity index (χ2n) is 5.58. The first kappa shape index (κ1) is 14.6. The van der Waals surface area contributed by atoms with Crippen molar-refractivity contribution in [1.29, 1.82) is 0 Å². The predicted molar refractivity (Wildman–Crippen MR) is 79.5 cm³/mol. The first-order valence-corrected chi connectivity index (χ1v) is 7.21. The summed E-state index contributed by atoms with van der Waals surface area (Å²) in [5.41, 5.74) is 1.52. The van der Waals surface area contributed by atoms with E-state index < -0.39 is 0 Å². The molecule has 0 radical (unpaired) electrons. The molecule has 3 rings (SSSR count). The van der Waals surface area contributed by atoms with Crippen molar-refractivity contribution in [2.45, 2.75) is 6.92 Å². The van der Waals surface area contributed by atoms with Crippen molar-refractivity contribution in [3.8, 4) is 5.69 Å². The average molecular weight is 303 g/mol. The number of likely N-dealkylation sites (N-methyl/N-ethyl adjacent to an activating group) is 1. The van der Waals surface area contributed by atoms with Crippen LogP contribution in [0, 0.1) is 12.7 Å². The largest absolute Gasteiger partial charge is 0.335 e. The molecule has 116 valence electrons. The molecule has 0 aliphatic carbocycles. The summed E-state index contributed by atoms with van der Waals surface area (Å²) in [7, 11) is 2.04. The van der Waals surface area contributed by atoms with Crippen LogP contribution < -0.4 is 0 Å². The van der Waals surface area contributed by atoms with Crippen molar-refractivity contribution < 1.29 is 9.18 Å². The second-order valence-corrected chi connectivity index (χ2v) is 5.58. The van der Waals surface area contributed by atoms with Crippen LogP contribution in [0.25, 0.3) is 5.69 Å². The Bertz CT molecular complexity index is 691. The van der Waals surface area contributed by atoms with Crippen molar-refractivity contribution in [3.05, 3.63) is 41.5 Å². The maximum absolute atomic E-state index is 13.3. The predicted octanol–water partition coefficient (Wildman–Crippen LogP) is 1.10. The Labute approximate surface area is 128 Å². The van der Waals surface area contributed by atoms with Crippen LogP contribution in [0.5, 0.6) is 0 Å². The van der Waals surface area contributed by atoms with Gasteiger partial charge in [-0.25, -0.2) is 9.07 Å². The third kappa shape index (κ3) is 2.85. The van der Waals surface area contributed by atoms with E-state index in [1.165, 1.54) is 10.7 Å². The summed E-state index contributed by atoms with van der Waals surface area (Å²) in [5.74, 6) is -0.379. The zero-order chi connectivity index (χ0) is 15.7. The molecule has 0 saturated carbocycles. The fraction of sp³-hybridized carbons (Fsp3) is 0.400. The molecule has 0 bridgehead atoms. The van der Waals surface area contributed by atoms with E-state index in [4.69, 9.17) is 0 Å². The maximum Gasteiger partial charge on any atom is 0.276 e. The van der Waals surface area contributed by atoms with Gasteiger partial charge in [0.2, 0.25) is 0 Å². The Kier molecular flexibility index (Phi) is 3.89. The van der Waals surface area contributed by atoms with E-state index in [2.05, 4.69) is 15.2 Å². The molecule has 1 aliphatic heterocycles. The van der Waals surface area contributed by atoms with Gasteiger partial charge in [0, 0.05) is 26.2 Å². The van der Waals surface area contributed by atoms with Gasteiger partial charge in [0.1, 0.15) is 5.82 Å². The van der Waals surface area contributed by atoms with Gasteiger partial charge in [-0.2, -0.15) is 0 Å². The fourth-order valence-electron chi connectivity index (χ4n) is 2.43. The number of piperazine rings is 1. The third-order valence-corrected chi connectivity index (χ3v) is 3.91. The van der Waals surface area contributed by atoms with Crippen molar-refractivity contribution >= 4 is 5.91 Å². The summed E-state index contributed by atoms with van der Waals surface area (Å²) in [5, 5.41) is 7.93. The molecule has 1 aromatic carbocycles. The van der Waals surface area contributed by atoms with Crippen LogP contribution in [-0.4, -0.2) is 63.9 Å². The van der Waals surface area contributed by atoms with Gasteiger partial charge < -0.3 is 9.80 Å². The first-order chi connectivity index (χ1) is 10.5. The number of rotatable bonds is 2. The van der Waals surface area contributed by atoms with Crippen molar-refractivity contribution in [2.75, 3.05) is 33.2 Å². The highest BCUT2D eigenvalue weighted by molar-refractivity contribution is 5.92. The Morgan fingerprint density at radius 2 is 1.95 bits per heavy atom. The average Bonchev–Trinajstić information content (AvgIpc) is 3.00. The minimum absolute atomic E-state index is 0.113. The van der Waals surface area contributed by atoms with E-state index in [1.807, 2.05) is 7.05 Å². The molecule has 7 heteroatoms. The topological polar surface area (TPSA) is 54.3 Å². The van der Waals surface area contributed by atoms with E-state index in [1.54, 1.807) is 30.2 Å². The van der Waals surface area contributed by atoms with Gasteiger partial charge in [-0.1, -0.05) is 5.21 Å². The first-order valence-electron chi connectivity index (χ1n) is 7.21. The van der Waals surface area contributed by atoms with Crippen LogP contribution in [0.1, 0.15) is 16.1 Å². The van der Waals surface area contributed by atoms with E-state index in [0.717, 1.165) is 13.1 Å². The summed E-state index contributed by atoms with van der Waals surface area (Å²) in [6, 6.07) is 4.67. The number of aryl methyl sites for hydroxylation is 1. The summed E-state index contributed by atoms with van der Waals surface area (Å²) in [6.45, 7) is 4.79. The normalized spacial score (nSPS) is 16.0. The summed E-state index contributed by atoms with van der Waals surface area (Å²) < 4.78 is 14.8. The highest BCUT2D eigenvalue weighted by Gasteiger charge is 2.22. The Hall–Kier alpha value is -2.28. The molecule has 22 heavy (non-hydrogen) atoms. The molecule has 1 fully saturated rings. The quantitative estimate of drug-likeness (QED) is 0.834. The Morgan fingerprint density at radius 3 is 2.64 bits per heavy atom. The van der Waals surface area contributed by atoms with Gasteiger partial charge >= 0.3 is 0 Å². The summed E-state index contributed by atoms with van der Waals surface area (Å²) in [4.78, 5) is 16.4. The van der Waals surface area contributed by atoms with Crippen molar-refractivity contribution in [3.63, 3.8) is 0 Å². The van der Waals surface area contributed by atoms with Crippen LogP contribution >= 0.6 is 0 Å². The van der Waals surface area contributed by atoms with Gasteiger partial charge in [0.15, 0.2) is 5.69 Å². The van der Waals surface area contributed by atoms with Crippen LogP contribution in [0.2, 0.25) is 0 Å². The van der Waals surface area contributed by atoms with Crippen molar-refractivity contribution in [1.82, 2.24) is 24.8 Å². The van der Waals surface area contributed by atoms with Crippen LogP contribution in [0.15, 0.2) is 24.4 Å². The highest BCUT2D eigenvalue weighted by atomic mass is 19.1. The number of carbonyl (C=O) groups excluding carboxylic acids is 1. The maximum atomic E-state index is 13.3. The number of aromatic nitrogens is 3. The molecule has 2 heterocycles. The lowest BCUT2D eigenvalue weighted by molar-refractivity contribution is 0.0658. The van der Waals surface area contributed by atoms with Crippen LogP contribution in [0.4, 0.5) is 4.39 Å². The number of halogens is 1. The third-order valence-electron chi connectivity index (χ3n) is 3.91. The fourth-order valence-corrected chi connectivity index (χ4v) is 2.43. The minimum Gasteiger partial charge on any atom is -0.335 e. The van der Waals surface area contributed by atoms with Gasteiger partial charge in [0.05, 0.1) is 11.9 Å². The summed E-state index contributed by atoms with van der Waals surface area (Å²) >= 11 is 0. The smallest absolute Gasteiger partial charge is 0.276 e. The van der Waals surface area contributed by atoms with Gasteiger partial charge in [-0.3, -0.25) is 4.79 Å². The van der Waals surface area contributed by atoms with Gasteiger partial charge in [-0.15, -0.1) is 5.10 Å². The molecule has 1 amide bonds. The van der Waals surface area contributed by atoms with E-state index in [-0.39, 0.29) is 11.7 Å². The van der Waals surface area contributed by atoms with E-state index in [9.17, 15) is 9.18 Å². The Morgan fingerprint density at radius 1 is 1.23 bits per heavy atom. The van der Waals surface area contributed by atoms with Gasteiger partial charge in [-0.05, 0) is 37.7 Å². The van der Waals surface area contributed by atoms with E-state index in [0.29, 0.717) is 30.0 Å². The number of benzene rings is 1.